The number of benzene rings is 1. The number of aromatic amines is 1. The molecular formula is C16H14N4O. The number of anilines is 1. The predicted molar refractivity (Wildman–Crippen MR) is 81.0 cm³/mol. The van der Waals surface area contributed by atoms with E-state index in [0.717, 1.165) is 16.8 Å². The SMILES string of the molecule is Cc1ccc(NC(=O)c2cc(-c3ccncc3)n[nH]2)cc1. The summed E-state index contributed by atoms with van der Waals surface area (Å²) in [6.45, 7) is 2.00. The lowest BCUT2D eigenvalue weighted by atomic mass is 10.2. The van der Waals surface area contributed by atoms with E-state index in [0.29, 0.717) is 11.4 Å². The first kappa shape index (κ1) is 13.1. The largest absolute Gasteiger partial charge is 0.321 e. The first-order valence-corrected chi connectivity index (χ1v) is 6.56. The van der Waals surface area contributed by atoms with Crippen molar-refractivity contribution in [1.82, 2.24) is 15.2 Å². The first-order valence-electron chi connectivity index (χ1n) is 6.56. The number of carbonyl (C=O) groups excluding carboxylic acids is 1. The molecule has 0 bridgehead atoms. The molecule has 104 valence electrons. The number of rotatable bonds is 3. The summed E-state index contributed by atoms with van der Waals surface area (Å²) in [7, 11) is 0. The van der Waals surface area contributed by atoms with Crippen molar-refractivity contribution in [3.63, 3.8) is 0 Å². The van der Waals surface area contributed by atoms with Gasteiger partial charge >= 0.3 is 0 Å². The summed E-state index contributed by atoms with van der Waals surface area (Å²) in [5.74, 6) is -0.216. The van der Waals surface area contributed by atoms with Crippen LogP contribution in [0.5, 0.6) is 0 Å². The van der Waals surface area contributed by atoms with Crippen LogP contribution in [0.25, 0.3) is 11.3 Å². The van der Waals surface area contributed by atoms with E-state index in [1.807, 2.05) is 43.3 Å². The van der Waals surface area contributed by atoms with E-state index in [9.17, 15) is 4.79 Å². The van der Waals surface area contributed by atoms with Crippen molar-refractivity contribution in [2.45, 2.75) is 6.92 Å². The summed E-state index contributed by atoms with van der Waals surface area (Å²) in [6.07, 6.45) is 3.38. The van der Waals surface area contributed by atoms with Crippen molar-refractivity contribution in [3.05, 3.63) is 66.1 Å². The lowest BCUT2D eigenvalue weighted by Gasteiger charge is -2.03. The molecule has 0 radical (unpaired) electrons. The Bertz CT molecular complexity index is 747. The van der Waals surface area contributed by atoms with Gasteiger partial charge in [0.05, 0.1) is 5.69 Å². The Labute approximate surface area is 122 Å². The highest BCUT2D eigenvalue weighted by molar-refractivity contribution is 6.03. The fourth-order valence-electron chi connectivity index (χ4n) is 1.94. The van der Waals surface area contributed by atoms with Crippen LogP contribution in [-0.4, -0.2) is 21.1 Å². The minimum Gasteiger partial charge on any atom is -0.321 e. The molecule has 0 aliphatic heterocycles. The third-order valence-corrected chi connectivity index (χ3v) is 3.11. The second kappa shape index (κ2) is 5.58. The summed E-state index contributed by atoms with van der Waals surface area (Å²) >= 11 is 0. The highest BCUT2D eigenvalue weighted by atomic mass is 16.1. The molecule has 2 N–H and O–H groups in total. The van der Waals surface area contributed by atoms with Crippen LogP contribution in [0.2, 0.25) is 0 Å². The second-order valence-electron chi connectivity index (χ2n) is 4.72. The van der Waals surface area contributed by atoms with Crippen molar-refractivity contribution < 1.29 is 4.79 Å². The number of hydrogen-bond donors (Lipinski definition) is 2. The lowest BCUT2D eigenvalue weighted by Crippen LogP contribution is -2.12. The minimum atomic E-state index is -0.216. The highest BCUT2D eigenvalue weighted by Gasteiger charge is 2.11. The summed E-state index contributed by atoms with van der Waals surface area (Å²) < 4.78 is 0. The van der Waals surface area contributed by atoms with E-state index in [4.69, 9.17) is 0 Å². The smallest absolute Gasteiger partial charge is 0.273 e. The number of hydrogen-bond acceptors (Lipinski definition) is 3. The molecule has 5 heteroatoms. The zero-order chi connectivity index (χ0) is 14.7. The van der Waals surface area contributed by atoms with Crippen molar-refractivity contribution in [2.24, 2.45) is 0 Å². The van der Waals surface area contributed by atoms with Crippen LogP contribution >= 0.6 is 0 Å². The average Bonchev–Trinajstić information content (AvgIpc) is 3.00. The molecule has 0 aliphatic rings. The Hall–Kier alpha value is -2.95. The van der Waals surface area contributed by atoms with Crippen LogP contribution in [-0.2, 0) is 0 Å². The van der Waals surface area contributed by atoms with Crippen molar-refractivity contribution in [3.8, 4) is 11.3 Å². The van der Waals surface area contributed by atoms with Gasteiger partial charge in [-0.15, -0.1) is 0 Å². The quantitative estimate of drug-likeness (QED) is 0.773. The molecule has 0 saturated heterocycles. The number of aryl methyl sites for hydroxylation is 1. The Kier molecular flexibility index (Phi) is 3.47. The molecule has 1 amide bonds. The minimum absolute atomic E-state index is 0.216. The highest BCUT2D eigenvalue weighted by Crippen LogP contribution is 2.17. The van der Waals surface area contributed by atoms with Crippen LogP contribution < -0.4 is 5.32 Å². The van der Waals surface area contributed by atoms with Crippen LogP contribution in [0.3, 0.4) is 0 Å². The average molecular weight is 278 g/mol. The molecule has 0 saturated carbocycles. The fraction of sp³-hybridized carbons (Fsp3) is 0.0625. The number of carbonyl (C=O) groups is 1. The molecule has 21 heavy (non-hydrogen) atoms. The summed E-state index contributed by atoms with van der Waals surface area (Å²) in [4.78, 5) is 16.1. The molecule has 2 aromatic heterocycles. The van der Waals surface area contributed by atoms with Gasteiger partial charge in [0.1, 0.15) is 5.69 Å². The van der Waals surface area contributed by atoms with E-state index in [1.165, 1.54) is 0 Å². The molecule has 3 aromatic rings. The van der Waals surface area contributed by atoms with Gasteiger partial charge in [-0.25, -0.2) is 0 Å². The molecular weight excluding hydrogens is 264 g/mol. The van der Waals surface area contributed by atoms with Crippen molar-refractivity contribution >= 4 is 11.6 Å². The van der Waals surface area contributed by atoms with E-state index in [-0.39, 0.29) is 5.91 Å². The Morgan fingerprint density at radius 1 is 1.10 bits per heavy atom. The number of pyridine rings is 1. The van der Waals surface area contributed by atoms with Gasteiger partial charge in [-0.3, -0.25) is 14.9 Å². The first-order chi connectivity index (χ1) is 10.2. The molecule has 0 atom stereocenters. The number of aromatic nitrogens is 3. The van der Waals surface area contributed by atoms with E-state index in [2.05, 4.69) is 20.5 Å². The topological polar surface area (TPSA) is 70.7 Å². The molecule has 5 nitrogen and oxygen atoms in total. The van der Waals surface area contributed by atoms with Gasteiger partial charge < -0.3 is 5.32 Å². The van der Waals surface area contributed by atoms with Crippen molar-refractivity contribution in [1.29, 1.82) is 0 Å². The van der Waals surface area contributed by atoms with Gasteiger partial charge in [0.15, 0.2) is 0 Å². The molecule has 0 aliphatic carbocycles. The standard InChI is InChI=1S/C16H14N4O/c1-11-2-4-13(5-3-11)18-16(21)15-10-14(19-20-15)12-6-8-17-9-7-12/h2-10H,1H3,(H,18,21)(H,19,20). The normalized spacial score (nSPS) is 10.3. The molecule has 0 fully saturated rings. The zero-order valence-electron chi connectivity index (χ0n) is 11.5. The van der Waals surface area contributed by atoms with Gasteiger partial charge in [-0.1, -0.05) is 17.7 Å². The number of H-pyrrole nitrogens is 1. The number of nitrogens with zero attached hydrogens (tertiary/aromatic N) is 2. The Morgan fingerprint density at radius 2 is 1.81 bits per heavy atom. The molecule has 0 spiro atoms. The van der Waals surface area contributed by atoms with Gasteiger partial charge in [-0.2, -0.15) is 5.10 Å². The van der Waals surface area contributed by atoms with Crippen LogP contribution in [0.15, 0.2) is 54.9 Å². The van der Waals surface area contributed by atoms with Crippen LogP contribution in [0.4, 0.5) is 5.69 Å². The Morgan fingerprint density at radius 3 is 2.52 bits per heavy atom. The van der Waals surface area contributed by atoms with Crippen molar-refractivity contribution in [2.75, 3.05) is 5.32 Å². The third-order valence-electron chi connectivity index (χ3n) is 3.11. The summed E-state index contributed by atoms with van der Waals surface area (Å²) in [6, 6.07) is 13.0. The molecule has 1 aromatic carbocycles. The summed E-state index contributed by atoms with van der Waals surface area (Å²) in [5, 5.41) is 9.73. The van der Waals surface area contributed by atoms with Crippen LogP contribution in [0, 0.1) is 6.92 Å². The number of amides is 1. The maximum atomic E-state index is 12.1. The zero-order valence-corrected chi connectivity index (χ0v) is 11.5. The van der Waals surface area contributed by atoms with Gasteiger partial charge in [0.2, 0.25) is 0 Å². The predicted octanol–water partition coefficient (Wildman–Crippen LogP) is 3.03. The van der Waals surface area contributed by atoms with Crippen LogP contribution in [0.1, 0.15) is 16.1 Å². The van der Waals surface area contributed by atoms with E-state index in [1.54, 1.807) is 18.5 Å². The Balaban J connectivity index is 1.77. The molecule has 3 rings (SSSR count). The van der Waals surface area contributed by atoms with E-state index < -0.39 is 0 Å². The maximum Gasteiger partial charge on any atom is 0.273 e. The fourth-order valence-corrected chi connectivity index (χ4v) is 1.94. The van der Waals surface area contributed by atoms with Gasteiger partial charge in [-0.05, 0) is 37.3 Å². The summed E-state index contributed by atoms with van der Waals surface area (Å²) in [5.41, 5.74) is 3.95. The van der Waals surface area contributed by atoms with Gasteiger partial charge in [0.25, 0.3) is 5.91 Å². The number of nitrogens with one attached hydrogen (secondary N) is 2. The second-order valence-corrected chi connectivity index (χ2v) is 4.72. The third kappa shape index (κ3) is 2.97. The monoisotopic (exact) mass is 278 g/mol. The maximum absolute atomic E-state index is 12.1. The van der Waals surface area contributed by atoms with Gasteiger partial charge in [0, 0.05) is 23.6 Å². The molecule has 0 unspecified atom stereocenters. The molecule has 2 heterocycles. The lowest BCUT2D eigenvalue weighted by molar-refractivity contribution is 0.102. The van der Waals surface area contributed by atoms with E-state index >= 15 is 0 Å².